The zero-order valence-corrected chi connectivity index (χ0v) is 18.9. The fourth-order valence-corrected chi connectivity index (χ4v) is 4.87. The van der Waals surface area contributed by atoms with E-state index in [9.17, 15) is 9.59 Å². The molecule has 9 nitrogen and oxygen atoms in total. The van der Waals surface area contributed by atoms with E-state index in [0.29, 0.717) is 20.9 Å². The van der Waals surface area contributed by atoms with Gasteiger partial charge < -0.3 is 4.74 Å². The second-order valence-electron chi connectivity index (χ2n) is 7.16. The Morgan fingerprint density at radius 3 is 2.69 bits per heavy atom. The number of hydrogen-bond donors (Lipinski definition) is 1. The van der Waals surface area contributed by atoms with Crippen LogP contribution in [0.4, 0.5) is 11.6 Å². The first-order chi connectivity index (χ1) is 15.4. The molecule has 0 saturated carbocycles. The first kappa shape index (κ1) is 20.4. The van der Waals surface area contributed by atoms with Crippen molar-refractivity contribution in [3.05, 3.63) is 57.0 Å². The van der Waals surface area contributed by atoms with E-state index in [2.05, 4.69) is 15.5 Å². The maximum Gasteiger partial charge on any atom is 0.377 e. The fraction of sp³-hybridized carbons (Fsp3) is 0.190. The number of ether oxygens (including phenoxy) is 1. The number of nitrogens with one attached hydrogen (secondary N) is 1. The van der Waals surface area contributed by atoms with E-state index in [1.807, 2.05) is 19.9 Å². The first-order valence-electron chi connectivity index (χ1n) is 9.79. The summed E-state index contributed by atoms with van der Waals surface area (Å²) in [4.78, 5) is 36.0. The summed E-state index contributed by atoms with van der Waals surface area (Å²) in [6, 6.07) is 8.79. The molecule has 3 aromatic heterocycles. The second-order valence-corrected chi connectivity index (χ2v) is 8.60. The summed E-state index contributed by atoms with van der Waals surface area (Å²) >= 11 is 7.31. The number of benzene rings is 1. The Bertz CT molecular complexity index is 1490. The van der Waals surface area contributed by atoms with Gasteiger partial charge in [-0.2, -0.15) is 9.69 Å². The molecule has 0 fully saturated rings. The van der Waals surface area contributed by atoms with Crippen molar-refractivity contribution in [2.75, 3.05) is 17.0 Å². The van der Waals surface area contributed by atoms with E-state index >= 15 is 0 Å². The maximum absolute atomic E-state index is 13.5. The van der Waals surface area contributed by atoms with Gasteiger partial charge in [-0.3, -0.25) is 10.2 Å². The third-order valence-corrected chi connectivity index (χ3v) is 6.23. The Morgan fingerprint density at radius 1 is 1.22 bits per heavy atom. The molecule has 1 N–H and O–H groups in total. The highest BCUT2D eigenvalue weighted by Crippen LogP contribution is 2.35. The summed E-state index contributed by atoms with van der Waals surface area (Å²) in [5.41, 5.74) is 5.36. The van der Waals surface area contributed by atoms with Crippen LogP contribution >= 0.6 is 22.9 Å². The Morgan fingerprint density at radius 2 is 1.97 bits per heavy atom. The van der Waals surface area contributed by atoms with Crippen molar-refractivity contribution in [2.45, 2.75) is 20.8 Å². The number of hydrazone groups is 1. The number of fused-ring (bicyclic) bond motifs is 4. The van der Waals surface area contributed by atoms with Crippen LogP contribution in [-0.2, 0) is 9.53 Å². The predicted molar refractivity (Wildman–Crippen MR) is 126 cm³/mol. The Hall–Kier alpha value is -3.50. The van der Waals surface area contributed by atoms with Gasteiger partial charge in [-0.25, -0.2) is 14.8 Å². The number of carbonyl (C=O) groups is 1. The minimum absolute atomic E-state index is 0.135. The number of amidine groups is 1. The quantitative estimate of drug-likeness (QED) is 0.455. The van der Waals surface area contributed by atoms with Crippen LogP contribution in [0.2, 0.25) is 5.02 Å². The van der Waals surface area contributed by atoms with Crippen molar-refractivity contribution in [1.29, 1.82) is 0 Å². The Labute approximate surface area is 190 Å². The van der Waals surface area contributed by atoms with Gasteiger partial charge in [0.15, 0.2) is 0 Å². The average Bonchev–Trinajstić information content (AvgIpc) is 3.13. The highest BCUT2D eigenvalue weighted by molar-refractivity contribution is 7.25. The number of halogens is 1. The summed E-state index contributed by atoms with van der Waals surface area (Å²) in [6.07, 6.45) is 0. The molecule has 0 bridgehead atoms. The van der Waals surface area contributed by atoms with Crippen molar-refractivity contribution in [3.63, 3.8) is 0 Å². The molecule has 4 heterocycles. The lowest BCUT2D eigenvalue weighted by atomic mass is 10.1. The highest BCUT2D eigenvalue weighted by Gasteiger charge is 2.29. The van der Waals surface area contributed by atoms with Gasteiger partial charge in [-0.15, -0.1) is 16.4 Å². The summed E-state index contributed by atoms with van der Waals surface area (Å²) in [5.74, 6) is -0.616. The van der Waals surface area contributed by atoms with Gasteiger partial charge in [0.1, 0.15) is 15.0 Å². The van der Waals surface area contributed by atoms with E-state index in [0.717, 1.165) is 21.5 Å². The lowest BCUT2D eigenvalue weighted by Gasteiger charge is -2.27. The predicted octanol–water partition coefficient (Wildman–Crippen LogP) is 3.85. The van der Waals surface area contributed by atoms with Crippen LogP contribution in [-0.4, -0.2) is 33.1 Å². The Kier molecular flexibility index (Phi) is 4.83. The van der Waals surface area contributed by atoms with E-state index in [1.165, 1.54) is 21.0 Å². The minimum atomic E-state index is -0.686. The number of rotatable bonds is 3. The van der Waals surface area contributed by atoms with Gasteiger partial charge in [0.05, 0.1) is 12.3 Å². The van der Waals surface area contributed by atoms with Crippen molar-refractivity contribution < 1.29 is 9.53 Å². The molecule has 5 rings (SSSR count). The molecule has 162 valence electrons. The maximum atomic E-state index is 13.5. The van der Waals surface area contributed by atoms with Gasteiger partial charge >= 0.3 is 5.97 Å². The minimum Gasteiger partial charge on any atom is -0.460 e. The van der Waals surface area contributed by atoms with Crippen LogP contribution < -0.4 is 16.0 Å². The zero-order valence-electron chi connectivity index (χ0n) is 17.3. The molecule has 4 aromatic rings. The third kappa shape index (κ3) is 3.19. The molecule has 0 spiro atoms. The third-order valence-electron chi connectivity index (χ3n) is 4.92. The number of anilines is 2. The molecular weight excluding hydrogens is 452 g/mol. The van der Waals surface area contributed by atoms with E-state index < -0.39 is 5.97 Å². The van der Waals surface area contributed by atoms with Gasteiger partial charge in [-0.05, 0) is 56.7 Å². The normalized spacial score (nSPS) is 13.1. The molecule has 32 heavy (non-hydrogen) atoms. The summed E-state index contributed by atoms with van der Waals surface area (Å²) in [6.45, 7) is 5.73. The number of aryl methyl sites for hydroxylation is 2. The van der Waals surface area contributed by atoms with Crippen LogP contribution in [0.25, 0.3) is 20.4 Å². The molecule has 0 amide bonds. The summed E-state index contributed by atoms with van der Waals surface area (Å²) in [5, 5.41) is 7.16. The number of carbonyl (C=O) groups excluding carboxylic acids is 1. The SMILES string of the molecule is CCOC(=O)C1=NN(c2ccc(Cl)cc2)c2nc3c(sc4nc(C)cc(C)c43)c(=O)n2N1. The Balaban J connectivity index is 1.80. The molecule has 1 aliphatic heterocycles. The van der Waals surface area contributed by atoms with Crippen LogP contribution in [0.3, 0.4) is 0 Å². The molecule has 0 saturated heterocycles. The van der Waals surface area contributed by atoms with E-state index in [-0.39, 0.29) is 24.0 Å². The van der Waals surface area contributed by atoms with Crippen molar-refractivity contribution in [3.8, 4) is 0 Å². The van der Waals surface area contributed by atoms with Crippen LogP contribution in [0.15, 0.2) is 40.2 Å². The lowest BCUT2D eigenvalue weighted by Crippen LogP contribution is -2.45. The van der Waals surface area contributed by atoms with Gasteiger partial charge in [0.25, 0.3) is 17.3 Å². The van der Waals surface area contributed by atoms with Crippen molar-refractivity contribution >= 4 is 66.8 Å². The number of thiophene rings is 1. The number of aromatic nitrogens is 3. The lowest BCUT2D eigenvalue weighted by molar-refractivity contribution is -0.135. The van der Waals surface area contributed by atoms with Crippen LogP contribution in [0, 0.1) is 13.8 Å². The first-order valence-corrected chi connectivity index (χ1v) is 11.0. The number of pyridine rings is 1. The topological polar surface area (TPSA) is 102 Å². The summed E-state index contributed by atoms with van der Waals surface area (Å²) in [7, 11) is 0. The second kappa shape index (κ2) is 7.57. The highest BCUT2D eigenvalue weighted by atomic mass is 35.5. The molecule has 0 atom stereocenters. The molecule has 0 aliphatic carbocycles. The van der Waals surface area contributed by atoms with Crippen molar-refractivity contribution in [1.82, 2.24) is 14.6 Å². The molecule has 0 unspecified atom stereocenters. The van der Waals surface area contributed by atoms with Crippen molar-refractivity contribution in [2.24, 2.45) is 5.10 Å². The van der Waals surface area contributed by atoms with E-state index in [4.69, 9.17) is 21.3 Å². The van der Waals surface area contributed by atoms with Crippen LogP contribution in [0.5, 0.6) is 0 Å². The smallest absolute Gasteiger partial charge is 0.377 e. The van der Waals surface area contributed by atoms with Gasteiger partial charge in [0.2, 0.25) is 0 Å². The molecular formula is C21H17ClN6O3S. The summed E-state index contributed by atoms with van der Waals surface area (Å²) < 4.78 is 6.71. The number of esters is 1. The average molecular weight is 469 g/mol. The fourth-order valence-electron chi connectivity index (χ4n) is 3.57. The standard InChI is InChI=1S/C21H17ClN6O3S/c1-4-31-20(30)17-25-27(13-7-5-12(22)6-8-13)21-24-15-14-10(2)9-11(3)23-18(14)32-16(15)19(29)28(21)26-17/h5-9H,4H2,1-3H3,(H,25,26). The number of hydrogen-bond acceptors (Lipinski definition) is 9. The number of nitrogens with zero attached hydrogens (tertiary/aromatic N) is 5. The molecule has 0 radical (unpaired) electrons. The van der Waals surface area contributed by atoms with Gasteiger partial charge in [0, 0.05) is 16.1 Å². The molecule has 11 heteroatoms. The van der Waals surface area contributed by atoms with Gasteiger partial charge in [-0.1, -0.05) is 11.6 Å². The largest absolute Gasteiger partial charge is 0.460 e. The zero-order chi connectivity index (χ0) is 22.6. The van der Waals surface area contributed by atoms with E-state index in [1.54, 1.807) is 31.2 Å². The van der Waals surface area contributed by atoms with Crippen LogP contribution in [0.1, 0.15) is 18.2 Å². The molecule has 1 aromatic carbocycles. The monoisotopic (exact) mass is 468 g/mol. The molecule has 1 aliphatic rings.